The Morgan fingerprint density at radius 3 is 2.45 bits per heavy atom. The van der Waals surface area contributed by atoms with E-state index in [-0.39, 0.29) is 18.9 Å². The van der Waals surface area contributed by atoms with Gasteiger partial charge in [0, 0.05) is 11.1 Å². The fraction of sp³-hybridized carbons (Fsp3) is 0.303. The zero-order valence-electron chi connectivity index (χ0n) is 22.9. The van der Waals surface area contributed by atoms with Crippen LogP contribution in [0.4, 0.5) is 4.39 Å². The zero-order valence-corrected chi connectivity index (χ0v) is 22.9. The molecule has 1 aliphatic rings. The molecule has 3 aromatic carbocycles. The van der Waals surface area contributed by atoms with Crippen LogP contribution in [0.1, 0.15) is 61.8 Å². The minimum atomic E-state index is -0.792. The lowest BCUT2D eigenvalue weighted by Crippen LogP contribution is -2.09. The van der Waals surface area contributed by atoms with Gasteiger partial charge >= 0.3 is 5.97 Å². The average Bonchev–Trinajstić information content (AvgIpc) is 3.81. The van der Waals surface area contributed by atoms with Gasteiger partial charge in [-0.3, -0.25) is 9.78 Å². The predicted molar refractivity (Wildman–Crippen MR) is 152 cm³/mol. The second-order valence-electron chi connectivity index (χ2n) is 10.6. The van der Waals surface area contributed by atoms with Gasteiger partial charge in [-0.05, 0) is 72.1 Å². The largest absolute Gasteiger partial charge is 0.497 e. The average molecular weight is 541 g/mol. The van der Waals surface area contributed by atoms with Gasteiger partial charge < -0.3 is 14.6 Å². The number of nitrogens with zero attached hydrogens (tertiary/aromatic N) is 2. The van der Waals surface area contributed by atoms with E-state index in [9.17, 15) is 14.3 Å². The molecule has 1 saturated carbocycles. The summed E-state index contributed by atoms with van der Waals surface area (Å²) in [6, 6.07) is 20.3. The molecule has 206 valence electrons. The summed E-state index contributed by atoms with van der Waals surface area (Å²) in [7, 11) is 1.54. The number of carbonyl (C=O) groups is 1. The Bertz CT molecular complexity index is 1500. The molecule has 1 aliphatic carbocycles. The highest BCUT2D eigenvalue weighted by atomic mass is 19.1. The number of halogens is 1. The highest BCUT2D eigenvalue weighted by molar-refractivity contribution is 5.79. The van der Waals surface area contributed by atoms with Crippen molar-refractivity contribution in [2.24, 2.45) is 5.92 Å². The highest BCUT2D eigenvalue weighted by Gasteiger charge is 2.33. The van der Waals surface area contributed by atoms with Crippen LogP contribution >= 0.6 is 0 Å². The van der Waals surface area contributed by atoms with Gasteiger partial charge in [0.2, 0.25) is 0 Å². The Labute approximate surface area is 233 Å². The lowest BCUT2D eigenvalue weighted by Gasteiger charge is -2.16. The van der Waals surface area contributed by atoms with E-state index in [0.717, 1.165) is 24.0 Å². The van der Waals surface area contributed by atoms with Crippen LogP contribution in [0.2, 0.25) is 0 Å². The summed E-state index contributed by atoms with van der Waals surface area (Å²) in [5, 5.41) is 9.38. The lowest BCUT2D eigenvalue weighted by atomic mass is 9.91. The summed E-state index contributed by atoms with van der Waals surface area (Å²) in [5.74, 6) is 0.730. The Morgan fingerprint density at radius 1 is 1.00 bits per heavy atom. The first kappa shape index (κ1) is 27.3. The van der Waals surface area contributed by atoms with Crippen molar-refractivity contribution in [1.82, 2.24) is 9.97 Å². The van der Waals surface area contributed by atoms with E-state index in [0.29, 0.717) is 46.0 Å². The van der Waals surface area contributed by atoms with Crippen LogP contribution < -0.4 is 9.47 Å². The number of carboxylic acids is 1. The minimum absolute atomic E-state index is 0.0155. The summed E-state index contributed by atoms with van der Waals surface area (Å²) >= 11 is 0. The molecule has 1 heterocycles. The quantitative estimate of drug-likeness (QED) is 0.211. The number of aromatic nitrogens is 2. The third-order valence-electron chi connectivity index (χ3n) is 7.36. The highest BCUT2D eigenvalue weighted by Crippen LogP contribution is 2.45. The van der Waals surface area contributed by atoms with Gasteiger partial charge in [-0.1, -0.05) is 50.2 Å². The first-order chi connectivity index (χ1) is 19.3. The molecule has 5 rings (SSSR count). The molecule has 0 bridgehead atoms. The topological polar surface area (TPSA) is 81.5 Å². The van der Waals surface area contributed by atoms with Gasteiger partial charge in [0.15, 0.2) is 0 Å². The van der Waals surface area contributed by atoms with Crippen molar-refractivity contribution >= 4 is 5.97 Å². The van der Waals surface area contributed by atoms with E-state index in [1.54, 1.807) is 18.3 Å². The molecule has 0 saturated heterocycles. The van der Waals surface area contributed by atoms with Crippen LogP contribution in [0.25, 0.3) is 22.5 Å². The van der Waals surface area contributed by atoms with Crippen molar-refractivity contribution in [3.05, 3.63) is 95.6 Å². The number of rotatable bonds is 11. The molecule has 0 spiro atoms. The SMILES string of the molecule is COc1ccc(F)c(-c2ncc(COc3cccc(C(CC(=O)O)C4CC4)c3)nc2-c2ccc(C(C)C)cc2)c1. The molecule has 1 atom stereocenters. The van der Waals surface area contributed by atoms with E-state index < -0.39 is 11.8 Å². The van der Waals surface area contributed by atoms with Crippen LogP contribution in [0.5, 0.6) is 11.5 Å². The number of benzene rings is 3. The van der Waals surface area contributed by atoms with E-state index in [1.807, 2.05) is 36.4 Å². The number of methoxy groups -OCH3 is 1. The van der Waals surface area contributed by atoms with E-state index in [1.165, 1.54) is 18.7 Å². The van der Waals surface area contributed by atoms with Crippen LogP contribution in [0.3, 0.4) is 0 Å². The van der Waals surface area contributed by atoms with Gasteiger partial charge in [0.05, 0.1) is 36.8 Å². The third-order valence-corrected chi connectivity index (χ3v) is 7.36. The maximum atomic E-state index is 15.0. The smallest absolute Gasteiger partial charge is 0.303 e. The fourth-order valence-electron chi connectivity index (χ4n) is 4.97. The summed E-state index contributed by atoms with van der Waals surface area (Å²) in [4.78, 5) is 20.9. The Kier molecular flexibility index (Phi) is 8.10. The number of hydrogen-bond acceptors (Lipinski definition) is 5. The maximum absolute atomic E-state index is 15.0. The number of aliphatic carboxylic acids is 1. The summed E-state index contributed by atoms with van der Waals surface area (Å²) in [5.41, 5.74) is 4.84. The molecule has 0 aliphatic heterocycles. The van der Waals surface area contributed by atoms with Crippen LogP contribution in [0, 0.1) is 11.7 Å². The zero-order chi connectivity index (χ0) is 28.2. The van der Waals surface area contributed by atoms with E-state index in [2.05, 4.69) is 31.0 Å². The van der Waals surface area contributed by atoms with E-state index in [4.69, 9.17) is 14.5 Å². The van der Waals surface area contributed by atoms with Gasteiger partial charge in [-0.15, -0.1) is 0 Å². The molecule has 1 aromatic heterocycles. The molecule has 1 unspecified atom stereocenters. The van der Waals surface area contributed by atoms with Crippen LogP contribution in [-0.4, -0.2) is 28.2 Å². The van der Waals surface area contributed by atoms with Crippen molar-refractivity contribution < 1.29 is 23.8 Å². The van der Waals surface area contributed by atoms with Crippen molar-refractivity contribution in [1.29, 1.82) is 0 Å². The molecule has 1 N–H and O–H groups in total. The predicted octanol–water partition coefficient (Wildman–Crippen LogP) is 7.63. The standard InChI is InChI=1S/C33H33FN2O4/c1-20(2)21-7-11-23(12-8-21)32-33(29-16-26(39-3)13-14-30(29)34)35-18-25(36-32)19-40-27-6-4-5-24(15-27)28(17-31(37)38)22-9-10-22/h4-8,11-16,18,20,22,28H,9-10,17,19H2,1-3H3,(H,37,38). The Balaban J connectivity index is 1.45. The van der Waals surface area contributed by atoms with Crippen molar-refractivity contribution in [3.8, 4) is 34.0 Å². The Morgan fingerprint density at radius 2 is 1.77 bits per heavy atom. The van der Waals surface area contributed by atoms with Crippen LogP contribution in [0.15, 0.2) is 72.9 Å². The van der Waals surface area contributed by atoms with E-state index >= 15 is 0 Å². The first-order valence-corrected chi connectivity index (χ1v) is 13.6. The monoisotopic (exact) mass is 540 g/mol. The van der Waals surface area contributed by atoms with Crippen molar-refractivity contribution in [3.63, 3.8) is 0 Å². The molecular weight excluding hydrogens is 507 g/mol. The third kappa shape index (κ3) is 6.30. The molecule has 7 heteroatoms. The van der Waals surface area contributed by atoms with Gasteiger partial charge in [0.25, 0.3) is 0 Å². The molecule has 6 nitrogen and oxygen atoms in total. The van der Waals surface area contributed by atoms with Gasteiger partial charge in [-0.25, -0.2) is 9.37 Å². The molecule has 4 aromatic rings. The first-order valence-electron chi connectivity index (χ1n) is 13.6. The fourth-order valence-corrected chi connectivity index (χ4v) is 4.97. The van der Waals surface area contributed by atoms with Crippen molar-refractivity contribution in [2.45, 2.75) is 51.6 Å². The van der Waals surface area contributed by atoms with Gasteiger partial charge in [0.1, 0.15) is 23.9 Å². The second-order valence-corrected chi connectivity index (χ2v) is 10.6. The number of carboxylic acid groups (broad SMARTS) is 1. The normalized spacial score (nSPS) is 13.7. The summed E-state index contributed by atoms with van der Waals surface area (Å²) < 4.78 is 26.4. The minimum Gasteiger partial charge on any atom is -0.497 e. The molecule has 40 heavy (non-hydrogen) atoms. The molecule has 1 fully saturated rings. The number of ether oxygens (including phenoxy) is 2. The maximum Gasteiger partial charge on any atom is 0.303 e. The van der Waals surface area contributed by atoms with Crippen molar-refractivity contribution in [2.75, 3.05) is 7.11 Å². The number of hydrogen-bond donors (Lipinski definition) is 1. The molecule has 0 radical (unpaired) electrons. The second kappa shape index (κ2) is 11.9. The van der Waals surface area contributed by atoms with Crippen LogP contribution in [-0.2, 0) is 11.4 Å². The lowest BCUT2D eigenvalue weighted by molar-refractivity contribution is -0.137. The summed E-state index contributed by atoms with van der Waals surface area (Å²) in [6.45, 7) is 4.42. The molecular formula is C33H33FN2O4. The Hall–Kier alpha value is -4.26. The summed E-state index contributed by atoms with van der Waals surface area (Å²) in [6.07, 6.45) is 3.82. The molecule has 0 amide bonds. The van der Waals surface area contributed by atoms with Gasteiger partial charge in [-0.2, -0.15) is 0 Å².